The van der Waals surface area contributed by atoms with Crippen LogP contribution in [0.5, 0.6) is 0 Å². The van der Waals surface area contributed by atoms with Gasteiger partial charge in [-0.15, -0.1) is 0 Å². The minimum atomic E-state index is -0.853. The first-order valence-electron chi connectivity index (χ1n) is 6.22. The largest absolute Gasteiger partial charge is 0.481 e. The Morgan fingerprint density at radius 2 is 2.11 bits per heavy atom. The third-order valence-electron chi connectivity index (χ3n) is 3.73. The van der Waals surface area contributed by atoms with Crippen LogP contribution in [0, 0.1) is 15.9 Å². The minimum Gasteiger partial charge on any atom is -0.481 e. The Kier molecular flexibility index (Phi) is 4.13. The van der Waals surface area contributed by atoms with Gasteiger partial charge in [0.05, 0.1) is 5.41 Å². The summed E-state index contributed by atoms with van der Waals surface area (Å²) in [7, 11) is 0. The summed E-state index contributed by atoms with van der Waals surface area (Å²) in [5.41, 5.74) is 0.907. The van der Waals surface area contributed by atoms with E-state index in [0.717, 1.165) is 21.2 Å². The molecule has 0 heterocycles. The molecule has 0 aliphatic heterocycles. The van der Waals surface area contributed by atoms with E-state index >= 15 is 0 Å². The lowest BCUT2D eigenvalue weighted by Gasteiger charge is -2.36. The molecule has 0 radical (unpaired) electrons. The number of carbonyl (C=O) groups excluding carboxylic acids is 1. The second-order valence-electron chi connectivity index (χ2n) is 5.12. The first kappa shape index (κ1) is 14.3. The molecule has 0 atom stereocenters. The van der Waals surface area contributed by atoms with E-state index in [2.05, 4.69) is 27.9 Å². The number of hydrogen-bond donors (Lipinski definition) is 2. The van der Waals surface area contributed by atoms with Gasteiger partial charge in [0, 0.05) is 15.7 Å². The maximum atomic E-state index is 12.0. The molecule has 2 rings (SSSR count). The summed E-state index contributed by atoms with van der Waals surface area (Å²) < 4.78 is 1.11. The highest BCUT2D eigenvalue weighted by molar-refractivity contribution is 14.1. The molecule has 102 valence electrons. The lowest BCUT2D eigenvalue weighted by atomic mass is 9.66. The predicted octanol–water partition coefficient (Wildman–Crippen LogP) is 3.18. The molecule has 1 aliphatic rings. The number of aliphatic carboxylic acids is 1. The summed E-state index contributed by atoms with van der Waals surface area (Å²) in [5, 5.41) is 12.0. The number of halogens is 1. The van der Waals surface area contributed by atoms with Crippen LogP contribution in [0.1, 0.15) is 31.2 Å². The average molecular weight is 373 g/mol. The number of nitrogens with one attached hydrogen (secondary N) is 1. The van der Waals surface area contributed by atoms with Crippen LogP contribution in [0.4, 0.5) is 5.69 Å². The second kappa shape index (κ2) is 5.48. The molecule has 0 aromatic heterocycles. The normalized spacial score (nSPS) is 16.5. The maximum Gasteiger partial charge on any atom is 0.310 e. The topological polar surface area (TPSA) is 66.4 Å². The Balaban J connectivity index is 2.03. The Morgan fingerprint density at radius 3 is 2.58 bits per heavy atom. The third kappa shape index (κ3) is 3.08. The second-order valence-corrected chi connectivity index (χ2v) is 6.37. The highest BCUT2D eigenvalue weighted by atomic mass is 127. The molecule has 0 bridgehead atoms. The van der Waals surface area contributed by atoms with Gasteiger partial charge in [-0.1, -0.05) is 6.42 Å². The fraction of sp³-hybridized carbons (Fsp3) is 0.429. The van der Waals surface area contributed by atoms with Crippen molar-refractivity contribution >= 4 is 40.2 Å². The Hall–Kier alpha value is -1.11. The fourth-order valence-electron chi connectivity index (χ4n) is 2.34. The van der Waals surface area contributed by atoms with Crippen LogP contribution >= 0.6 is 22.6 Å². The molecule has 4 nitrogen and oxygen atoms in total. The van der Waals surface area contributed by atoms with Crippen molar-refractivity contribution in [1.82, 2.24) is 0 Å². The van der Waals surface area contributed by atoms with Crippen molar-refractivity contribution < 1.29 is 14.7 Å². The van der Waals surface area contributed by atoms with Gasteiger partial charge in [0.25, 0.3) is 0 Å². The SMILES string of the molecule is Cc1cc(I)ccc1NC(=O)CC1(C(=O)O)CCC1. The molecule has 19 heavy (non-hydrogen) atoms. The van der Waals surface area contributed by atoms with Gasteiger partial charge >= 0.3 is 5.97 Å². The predicted molar refractivity (Wildman–Crippen MR) is 81.1 cm³/mol. The van der Waals surface area contributed by atoms with Crippen LogP contribution in [0.15, 0.2) is 18.2 Å². The number of carboxylic acid groups (broad SMARTS) is 1. The molecule has 0 unspecified atom stereocenters. The molecule has 1 saturated carbocycles. The van der Waals surface area contributed by atoms with Crippen LogP contribution in [0.3, 0.4) is 0 Å². The van der Waals surface area contributed by atoms with Crippen molar-refractivity contribution in [2.75, 3.05) is 5.32 Å². The van der Waals surface area contributed by atoms with Crippen molar-refractivity contribution in [1.29, 1.82) is 0 Å². The summed E-state index contributed by atoms with van der Waals surface area (Å²) >= 11 is 2.21. The quantitative estimate of drug-likeness (QED) is 0.797. The van der Waals surface area contributed by atoms with Gasteiger partial charge in [-0.2, -0.15) is 0 Å². The molecule has 0 spiro atoms. The van der Waals surface area contributed by atoms with Crippen LogP contribution in [-0.2, 0) is 9.59 Å². The molecule has 1 fully saturated rings. The van der Waals surface area contributed by atoms with Gasteiger partial charge in [-0.05, 0) is 66.1 Å². The zero-order valence-electron chi connectivity index (χ0n) is 10.7. The number of aryl methyl sites for hydroxylation is 1. The van der Waals surface area contributed by atoms with Gasteiger partial charge in [0.15, 0.2) is 0 Å². The van der Waals surface area contributed by atoms with E-state index in [1.165, 1.54) is 0 Å². The van der Waals surface area contributed by atoms with E-state index in [0.29, 0.717) is 12.8 Å². The van der Waals surface area contributed by atoms with Crippen LogP contribution in [0.25, 0.3) is 0 Å². The minimum absolute atomic E-state index is 0.0633. The third-order valence-corrected chi connectivity index (χ3v) is 4.40. The zero-order valence-corrected chi connectivity index (χ0v) is 12.9. The number of benzene rings is 1. The van der Waals surface area contributed by atoms with Gasteiger partial charge in [0.1, 0.15) is 0 Å². The van der Waals surface area contributed by atoms with Crippen molar-refractivity contribution in [3.63, 3.8) is 0 Å². The zero-order chi connectivity index (χ0) is 14.0. The summed E-state index contributed by atoms with van der Waals surface area (Å²) in [6.45, 7) is 1.92. The van der Waals surface area contributed by atoms with Crippen molar-refractivity contribution in [2.45, 2.75) is 32.6 Å². The molecular formula is C14H16INO3. The lowest BCUT2D eigenvalue weighted by molar-refractivity contribution is -0.157. The number of anilines is 1. The Bertz CT molecular complexity index is 523. The summed E-state index contributed by atoms with van der Waals surface area (Å²) in [4.78, 5) is 23.2. The molecule has 2 N–H and O–H groups in total. The summed E-state index contributed by atoms with van der Waals surface area (Å²) in [6, 6.07) is 5.75. The van der Waals surface area contributed by atoms with Gasteiger partial charge in [-0.25, -0.2) is 0 Å². The number of carboxylic acids is 1. The van der Waals surface area contributed by atoms with E-state index in [1.54, 1.807) is 0 Å². The molecule has 1 aliphatic carbocycles. The molecule has 0 saturated heterocycles. The Labute approximate surface area is 125 Å². The van der Waals surface area contributed by atoms with E-state index in [1.807, 2.05) is 25.1 Å². The van der Waals surface area contributed by atoms with Crippen molar-refractivity contribution in [2.24, 2.45) is 5.41 Å². The van der Waals surface area contributed by atoms with Crippen LogP contribution < -0.4 is 5.32 Å². The highest BCUT2D eigenvalue weighted by Crippen LogP contribution is 2.44. The standard InChI is InChI=1S/C14H16INO3/c1-9-7-10(15)3-4-11(9)16-12(17)8-14(13(18)19)5-2-6-14/h3-4,7H,2,5-6,8H2,1H3,(H,16,17)(H,18,19). The number of hydrogen-bond acceptors (Lipinski definition) is 2. The highest BCUT2D eigenvalue weighted by Gasteiger charge is 2.45. The van der Waals surface area contributed by atoms with Crippen LogP contribution in [-0.4, -0.2) is 17.0 Å². The summed E-state index contributed by atoms with van der Waals surface area (Å²) in [6.07, 6.45) is 2.15. The van der Waals surface area contributed by atoms with E-state index in [9.17, 15) is 14.7 Å². The average Bonchev–Trinajstić information content (AvgIpc) is 2.27. The fourth-order valence-corrected chi connectivity index (χ4v) is 2.99. The van der Waals surface area contributed by atoms with E-state index in [4.69, 9.17) is 0 Å². The van der Waals surface area contributed by atoms with E-state index < -0.39 is 11.4 Å². The monoisotopic (exact) mass is 373 g/mol. The first-order chi connectivity index (χ1) is 8.93. The number of amides is 1. The molecular weight excluding hydrogens is 357 g/mol. The number of carbonyl (C=O) groups is 2. The Morgan fingerprint density at radius 1 is 1.42 bits per heavy atom. The van der Waals surface area contributed by atoms with Gasteiger partial charge < -0.3 is 10.4 Å². The van der Waals surface area contributed by atoms with Gasteiger partial charge in [0.2, 0.25) is 5.91 Å². The van der Waals surface area contributed by atoms with Crippen molar-refractivity contribution in [3.8, 4) is 0 Å². The molecule has 1 aromatic carbocycles. The smallest absolute Gasteiger partial charge is 0.310 e. The van der Waals surface area contributed by atoms with Crippen molar-refractivity contribution in [3.05, 3.63) is 27.3 Å². The van der Waals surface area contributed by atoms with Crippen LogP contribution in [0.2, 0.25) is 0 Å². The number of rotatable bonds is 4. The van der Waals surface area contributed by atoms with E-state index in [-0.39, 0.29) is 12.3 Å². The molecule has 1 amide bonds. The van der Waals surface area contributed by atoms with Gasteiger partial charge in [-0.3, -0.25) is 9.59 Å². The molecule has 5 heteroatoms. The maximum absolute atomic E-state index is 12.0. The first-order valence-corrected chi connectivity index (χ1v) is 7.30. The summed E-state index contributed by atoms with van der Waals surface area (Å²) in [5.74, 6) is -1.07. The molecule has 1 aromatic rings. The lowest BCUT2D eigenvalue weighted by Crippen LogP contribution is -2.41.